The van der Waals surface area contributed by atoms with E-state index in [1.54, 1.807) is 26.4 Å². The highest BCUT2D eigenvalue weighted by Crippen LogP contribution is 2.31. The third-order valence-corrected chi connectivity index (χ3v) is 5.93. The molecule has 0 aliphatic heterocycles. The Balaban J connectivity index is 1.52. The van der Waals surface area contributed by atoms with E-state index in [-0.39, 0.29) is 17.7 Å². The van der Waals surface area contributed by atoms with Crippen LogP contribution in [0.25, 0.3) is 11.4 Å². The first-order valence-corrected chi connectivity index (χ1v) is 11.5. The molecule has 7 heteroatoms. The van der Waals surface area contributed by atoms with E-state index in [1.165, 1.54) is 22.3 Å². The van der Waals surface area contributed by atoms with E-state index >= 15 is 0 Å². The highest BCUT2D eigenvalue weighted by Gasteiger charge is 2.17. The fraction of sp³-hybridized carbons (Fsp3) is 0.444. The average molecular weight is 466 g/mol. The van der Waals surface area contributed by atoms with E-state index in [0.717, 1.165) is 12.0 Å². The van der Waals surface area contributed by atoms with Crippen molar-refractivity contribution in [2.75, 3.05) is 20.8 Å². The summed E-state index contributed by atoms with van der Waals surface area (Å²) in [5.74, 6) is 2.05. The van der Waals surface area contributed by atoms with Crippen molar-refractivity contribution in [3.05, 3.63) is 58.5 Å². The molecule has 7 nitrogen and oxygen atoms in total. The summed E-state index contributed by atoms with van der Waals surface area (Å²) in [7, 11) is 3.16. The van der Waals surface area contributed by atoms with Crippen LogP contribution in [0.5, 0.6) is 11.5 Å². The Morgan fingerprint density at radius 3 is 2.29 bits per heavy atom. The number of aromatic nitrogens is 2. The maximum absolute atomic E-state index is 12.4. The maximum Gasteiger partial charge on any atom is 0.227 e. The molecule has 34 heavy (non-hydrogen) atoms. The monoisotopic (exact) mass is 465 g/mol. The van der Waals surface area contributed by atoms with Gasteiger partial charge in [0.2, 0.25) is 17.6 Å². The molecule has 1 aromatic heterocycles. The first kappa shape index (κ1) is 25.3. The summed E-state index contributed by atoms with van der Waals surface area (Å²) in [4.78, 5) is 16.8. The average Bonchev–Trinajstić information content (AvgIpc) is 3.27. The van der Waals surface area contributed by atoms with Gasteiger partial charge < -0.3 is 19.3 Å². The minimum absolute atomic E-state index is 0.0347. The summed E-state index contributed by atoms with van der Waals surface area (Å²) in [6.07, 6.45) is 1.47. The lowest BCUT2D eigenvalue weighted by Gasteiger charge is -2.22. The van der Waals surface area contributed by atoms with Gasteiger partial charge in [-0.1, -0.05) is 38.1 Å². The third kappa shape index (κ3) is 6.16. The van der Waals surface area contributed by atoms with Gasteiger partial charge in [0, 0.05) is 24.9 Å². The van der Waals surface area contributed by atoms with Crippen LogP contribution in [0, 0.1) is 13.8 Å². The molecule has 1 amide bonds. The molecule has 1 heterocycles. The maximum atomic E-state index is 12.4. The number of hydrogen-bond donors (Lipinski definition) is 1. The van der Waals surface area contributed by atoms with Gasteiger partial charge in [-0.05, 0) is 66.1 Å². The molecule has 0 aliphatic carbocycles. The van der Waals surface area contributed by atoms with Gasteiger partial charge in [0.25, 0.3) is 0 Å². The second-order valence-corrected chi connectivity index (χ2v) is 9.52. The summed E-state index contributed by atoms with van der Waals surface area (Å²) in [6, 6.07) is 9.93. The predicted octanol–water partition coefficient (Wildman–Crippen LogP) is 4.96. The Morgan fingerprint density at radius 1 is 1.00 bits per heavy atom. The van der Waals surface area contributed by atoms with Gasteiger partial charge in [-0.15, -0.1) is 0 Å². The molecule has 2 aromatic carbocycles. The number of hydrogen-bond acceptors (Lipinski definition) is 6. The van der Waals surface area contributed by atoms with Gasteiger partial charge in [0.15, 0.2) is 11.5 Å². The number of amides is 1. The predicted molar refractivity (Wildman–Crippen MR) is 132 cm³/mol. The van der Waals surface area contributed by atoms with Crippen molar-refractivity contribution >= 4 is 5.91 Å². The minimum Gasteiger partial charge on any atom is -0.493 e. The van der Waals surface area contributed by atoms with E-state index in [0.29, 0.717) is 36.2 Å². The number of carbonyl (C=O) groups excluding carboxylic acids is 1. The smallest absolute Gasteiger partial charge is 0.227 e. The van der Waals surface area contributed by atoms with E-state index in [4.69, 9.17) is 14.0 Å². The quantitative estimate of drug-likeness (QED) is 0.481. The zero-order valence-corrected chi connectivity index (χ0v) is 21.2. The van der Waals surface area contributed by atoms with Crippen molar-refractivity contribution in [1.29, 1.82) is 0 Å². The lowest BCUT2D eigenvalue weighted by Crippen LogP contribution is -2.26. The molecule has 0 spiro atoms. The molecule has 0 aliphatic rings. The molecule has 0 saturated carbocycles. The molecule has 3 rings (SSSR count). The highest BCUT2D eigenvalue weighted by atomic mass is 16.5. The SMILES string of the molecule is COc1ccc(-c2noc(CCC(=O)NCCc3c(C)cc(C(C)(C)C)cc3C)n2)cc1OC. The largest absolute Gasteiger partial charge is 0.493 e. The van der Waals surface area contributed by atoms with Gasteiger partial charge in [0.1, 0.15) is 0 Å². The lowest BCUT2D eigenvalue weighted by atomic mass is 9.83. The van der Waals surface area contributed by atoms with Gasteiger partial charge >= 0.3 is 0 Å². The number of benzene rings is 2. The van der Waals surface area contributed by atoms with Crippen molar-refractivity contribution in [3.8, 4) is 22.9 Å². The molecule has 1 N–H and O–H groups in total. The van der Waals surface area contributed by atoms with E-state index in [1.807, 2.05) is 6.07 Å². The van der Waals surface area contributed by atoms with Crippen LogP contribution in [0.1, 0.15) is 55.3 Å². The van der Waals surface area contributed by atoms with E-state index < -0.39 is 0 Å². The fourth-order valence-corrected chi connectivity index (χ4v) is 3.91. The number of carbonyl (C=O) groups is 1. The molecule has 0 unspecified atom stereocenters. The van der Waals surface area contributed by atoms with Crippen LogP contribution in [0.4, 0.5) is 0 Å². The minimum atomic E-state index is -0.0347. The number of rotatable bonds is 9. The molecule has 0 radical (unpaired) electrons. The fourth-order valence-electron chi connectivity index (χ4n) is 3.91. The topological polar surface area (TPSA) is 86.5 Å². The molecule has 0 bridgehead atoms. The molecule has 3 aromatic rings. The van der Waals surface area contributed by atoms with Gasteiger partial charge in [-0.25, -0.2) is 0 Å². The molecular weight excluding hydrogens is 430 g/mol. The summed E-state index contributed by atoms with van der Waals surface area (Å²) >= 11 is 0. The van der Waals surface area contributed by atoms with Gasteiger partial charge in [0.05, 0.1) is 14.2 Å². The summed E-state index contributed by atoms with van der Waals surface area (Å²) < 4.78 is 15.9. The van der Waals surface area contributed by atoms with Crippen molar-refractivity contribution in [2.45, 2.75) is 59.3 Å². The standard InChI is InChI=1S/C27H35N3O4/c1-17-14-20(27(3,4)5)15-18(2)21(17)12-13-28-24(31)10-11-25-29-26(30-34-25)19-8-9-22(32-6)23(16-19)33-7/h8-9,14-16H,10-13H2,1-7H3,(H,28,31). The Hall–Kier alpha value is -3.35. The molecule has 182 valence electrons. The molecular formula is C27H35N3O4. The van der Waals surface area contributed by atoms with Gasteiger partial charge in [-0.3, -0.25) is 4.79 Å². The van der Waals surface area contributed by atoms with E-state index in [2.05, 4.69) is 62.2 Å². The normalized spacial score (nSPS) is 11.4. The molecule has 0 atom stereocenters. The van der Waals surface area contributed by atoms with Crippen molar-refractivity contribution < 1.29 is 18.8 Å². The summed E-state index contributed by atoms with van der Waals surface area (Å²) in [5, 5.41) is 7.03. The number of aryl methyl sites for hydroxylation is 3. The Bertz CT molecular complexity index is 1120. The number of nitrogens with one attached hydrogen (secondary N) is 1. The van der Waals surface area contributed by atoms with E-state index in [9.17, 15) is 4.79 Å². The van der Waals surface area contributed by atoms with Gasteiger partial charge in [-0.2, -0.15) is 4.98 Å². The van der Waals surface area contributed by atoms with Crippen LogP contribution in [-0.4, -0.2) is 36.8 Å². The third-order valence-electron chi connectivity index (χ3n) is 5.93. The van der Waals surface area contributed by atoms with Crippen LogP contribution in [-0.2, 0) is 23.1 Å². The Kier molecular flexibility index (Phi) is 7.97. The van der Waals surface area contributed by atoms with Crippen molar-refractivity contribution in [1.82, 2.24) is 15.5 Å². The summed E-state index contributed by atoms with van der Waals surface area (Å²) in [5.41, 5.74) is 6.05. The first-order chi connectivity index (χ1) is 16.1. The summed E-state index contributed by atoms with van der Waals surface area (Å²) in [6.45, 7) is 11.6. The van der Waals surface area contributed by atoms with Crippen molar-refractivity contribution in [3.63, 3.8) is 0 Å². The van der Waals surface area contributed by atoms with Crippen LogP contribution in [0.15, 0.2) is 34.9 Å². The zero-order valence-electron chi connectivity index (χ0n) is 21.2. The zero-order chi connectivity index (χ0) is 24.9. The van der Waals surface area contributed by atoms with Crippen LogP contribution in [0.3, 0.4) is 0 Å². The number of nitrogens with zero attached hydrogens (tertiary/aromatic N) is 2. The Labute approximate surface area is 201 Å². The van der Waals surface area contributed by atoms with Crippen LogP contribution in [0.2, 0.25) is 0 Å². The van der Waals surface area contributed by atoms with Crippen molar-refractivity contribution in [2.24, 2.45) is 0 Å². The highest BCUT2D eigenvalue weighted by molar-refractivity contribution is 5.76. The second kappa shape index (κ2) is 10.7. The first-order valence-electron chi connectivity index (χ1n) is 11.5. The van der Waals surface area contributed by atoms with Crippen LogP contribution < -0.4 is 14.8 Å². The second-order valence-electron chi connectivity index (χ2n) is 9.52. The Morgan fingerprint density at radius 2 is 1.68 bits per heavy atom. The lowest BCUT2D eigenvalue weighted by molar-refractivity contribution is -0.121. The molecule has 0 saturated heterocycles. The number of ether oxygens (including phenoxy) is 2. The molecule has 0 fully saturated rings. The number of methoxy groups -OCH3 is 2. The van der Waals surface area contributed by atoms with Crippen LogP contribution >= 0.6 is 0 Å².